The topological polar surface area (TPSA) is 121 Å². The van der Waals surface area contributed by atoms with Crippen molar-refractivity contribution in [3.8, 4) is 0 Å². The van der Waals surface area contributed by atoms with Crippen molar-refractivity contribution in [3.63, 3.8) is 0 Å². The van der Waals surface area contributed by atoms with Gasteiger partial charge >= 0.3 is 5.97 Å². The molecule has 0 saturated carbocycles. The van der Waals surface area contributed by atoms with Gasteiger partial charge in [-0.1, -0.05) is 20.1 Å². The molecule has 110 valence electrons. The van der Waals surface area contributed by atoms with Crippen molar-refractivity contribution in [1.29, 1.82) is 0 Å². The summed E-state index contributed by atoms with van der Waals surface area (Å²) in [5, 5.41) is 10.0. The molecule has 1 atom stereocenters. The summed E-state index contributed by atoms with van der Waals surface area (Å²) in [5.41, 5.74) is 0.176. The number of nitrogens with one attached hydrogen (secondary N) is 1. The third-order valence-electron chi connectivity index (χ3n) is 2.18. The maximum atomic E-state index is 10.8. The molecule has 19 heavy (non-hydrogen) atoms. The average Bonchev–Trinajstić information content (AvgIpc) is 2.27. The molecule has 0 saturated heterocycles. The molecule has 0 heterocycles. The summed E-state index contributed by atoms with van der Waals surface area (Å²) in [4.78, 5) is 18.8. The molecule has 0 aromatic heterocycles. The highest BCUT2D eigenvalue weighted by atomic mass is 32.2. The van der Waals surface area contributed by atoms with Gasteiger partial charge in [0.05, 0.1) is 0 Å². The molecule has 0 radical (unpaired) electrons. The predicted octanol–water partition coefficient (Wildman–Crippen LogP) is 0.950. The predicted molar refractivity (Wildman–Crippen MR) is 71.0 cm³/mol. The Morgan fingerprint density at radius 1 is 1.42 bits per heavy atom. The second-order valence-electron chi connectivity index (χ2n) is 3.84. The van der Waals surface area contributed by atoms with E-state index in [1.54, 1.807) is 0 Å². The maximum absolute atomic E-state index is 10.8. The Morgan fingerprint density at radius 2 is 1.79 bits per heavy atom. The molecule has 1 unspecified atom stereocenters. The number of carbonyl (C=O) groups excluding carboxylic acids is 1. The molecule has 7 nitrogen and oxygen atoms in total. The summed E-state index contributed by atoms with van der Waals surface area (Å²) in [6.07, 6.45) is 1.02. The summed E-state index contributed by atoms with van der Waals surface area (Å²) >= 11 is 0. The normalized spacial score (nSPS) is 13.3. The zero-order valence-corrected chi connectivity index (χ0v) is 12.0. The first-order valence-electron chi connectivity index (χ1n) is 5.21. The summed E-state index contributed by atoms with van der Waals surface area (Å²) in [5.74, 6) is -1.57. The maximum Gasteiger partial charge on any atom is 0.330 e. The van der Waals surface area contributed by atoms with E-state index in [1.807, 2.05) is 0 Å². The number of amides is 1. The van der Waals surface area contributed by atoms with Crippen LogP contribution in [0.2, 0.25) is 0 Å². The van der Waals surface area contributed by atoms with E-state index in [4.69, 9.17) is 9.66 Å². The van der Waals surface area contributed by atoms with Gasteiger partial charge in [0.25, 0.3) is 10.1 Å². The van der Waals surface area contributed by atoms with Gasteiger partial charge in [-0.25, -0.2) is 4.79 Å². The molecule has 0 aromatic rings. The van der Waals surface area contributed by atoms with Gasteiger partial charge in [-0.2, -0.15) is 8.42 Å². The lowest BCUT2D eigenvalue weighted by molar-refractivity contribution is -0.132. The Balaban J connectivity index is 0. The first kappa shape index (κ1) is 19.7. The zero-order valence-electron chi connectivity index (χ0n) is 11.1. The highest BCUT2D eigenvalue weighted by Crippen LogP contribution is 2.15. The van der Waals surface area contributed by atoms with Gasteiger partial charge in [0, 0.05) is 5.57 Å². The smallest absolute Gasteiger partial charge is 0.330 e. The van der Waals surface area contributed by atoms with Crippen molar-refractivity contribution < 1.29 is 27.7 Å². The average molecular weight is 293 g/mol. The quantitative estimate of drug-likeness (QED) is 0.512. The number of hydrogen-bond acceptors (Lipinski definition) is 4. The van der Waals surface area contributed by atoms with Crippen LogP contribution < -0.4 is 5.32 Å². The Kier molecular flexibility index (Phi) is 7.97. The van der Waals surface area contributed by atoms with E-state index in [9.17, 15) is 18.0 Å². The molecular weight excluding hydrogens is 274 g/mol. The van der Waals surface area contributed by atoms with Crippen molar-refractivity contribution in [2.45, 2.75) is 32.1 Å². The standard InChI is InChI=1S/C7H13NO4S.C4H6O2/c1-4-6(9)8-7(3,5-2)13(10,11)12;1-3(2)4(5)6/h4H,1,5H2,2-3H3,(H,8,9)(H,10,11,12);1H2,2H3,(H,5,6). The van der Waals surface area contributed by atoms with Gasteiger partial charge in [-0.05, 0) is 26.3 Å². The van der Waals surface area contributed by atoms with Gasteiger partial charge in [-0.15, -0.1) is 0 Å². The van der Waals surface area contributed by atoms with Gasteiger partial charge in [0.15, 0.2) is 4.87 Å². The Bertz CT molecular complexity index is 456. The Morgan fingerprint density at radius 3 is 1.95 bits per heavy atom. The number of carboxylic acid groups (broad SMARTS) is 1. The summed E-state index contributed by atoms with van der Waals surface area (Å²) in [6, 6.07) is 0. The third kappa shape index (κ3) is 7.37. The van der Waals surface area contributed by atoms with Crippen LogP contribution in [0.4, 0.5) is 0 Å². The van der Waals surface area contributed by atoms with Crippen molar-refractivity contribution in [3.05, 3.63) is 24.8 Å². The van der Waals surface area contributed by atoms with Crippen LogP contribution >= 0.6 is 0 Å². The first-order chi connectivity index (χ1) is 8.41. The van der Waals surface area contributed by atoms with Crippen LogP contribution in [0.3, 0.4) is 0 Å². The lowest BCUT2D eigenvalue weighted by Crippen LogP contribution is -2.50. The first-order valence-corrected chi connectivity index (χ1v) is 6.65. The van der Waals surface area contributed by atoms with Gasteiger partial charge in [-0.3, -0.25) is 9.35 Å². The second kappa shape index (κ2) is 7.70. The third-order valence-corrected chi connectivity index (χ3v) is 3.71. The minimum atomic E-state index is -4.30. The Labute approximate surface area is 112 Å². The van der Waals surface area contributed by atoms with E-state index in [-0.39, 0.29) is 12.0 Å². The highest BCUT2D eigenvalue weighted by Gasteiger charge is 2.36. The van der Waals surface area contributed by atoms with Crippen molar-refractivity contribution >= 4 is 22.0 Å². The largest absolute Gasteiger partial charge is 0.478 e. The van der Waals surface area contributed by atoms with Crippen LogP contribution in [0.1, 0.15) is 27.2 Å². The molecule has 0 aliphatic carbocycles. The number of carbonyl (C=O) groups is 2. The lowest BCUT2D eigenvalue weighted by atomic mass is 10.2. The van der Waals surface area contributed by atoms with Crippen molar-refractivity contribution in [2.75, 3.05) is 0 Å². The monoisotopic (exact) mass is 293 g/mol. The molecule has 0 aromatic carbocycles. The van der Waals surface area contributed by atoms with E-state index >= 15 is 0 Å². The summed E-state index contributed by atoms with van der Waals surface area (Å²) in [7, 11) is -4.30. The summed E-state index contributed by atoms with van der Waals surface area (Å²) in [6.45, 7) is 10.5. The minimum absolute atomic E-state index is 0.0748. The van der Waals surface area contributed by atoms with Crippen LogP contribution in [0.5, 0.6) is 0 Å². The number of hydrogen-bond donors (Lipinski definition) is 3. The van der Waals surface area contributed by atoms with Gasteiger partial charge in [0.2, 0.25) is 5.91 Å². The highest BCUT2D eigenvalue weighted by molar-refractivity contribution is 7.87. The molecule has 8 heteroatoms. The molecular formula is C11H19NO6S. The molecule has 0 rings (SSSR count). The van der Waals surface area contributed by atoms with Crippen LogP contribution in [0.25, 0.3) is 0 Å². The van der Waals surface area contributed by atoms with Crippen molar-refractivity contribution in [2.24, 2.45) is 0 Å². The lowest BCUT2D eigenvalue weighted by Gasteiger charge is -2.25. The van der Waals surface area contributed by atoms with Crippen LogP contribution in [-0.4, -0.2) is 34.8 Å². The van der Waals surface area contributed by atoms with Crippen molar-refractivity contribution in [1.82, 2.24) is 5.32 Å². The molecule has 0 aliphatic rings. The number of carboxylic acids is 1. The fraction of sp³-hybridized carbons (Fsp3) is 0.455. The molecule has 0 fully saturated rings. The van der Waals surface area contributed by atoms with E-state index < -0.39 is 26.9 Å². The molecule has 0 bridgehead atoms. The second-order valence-corrected chi connectivity index (χ2v) is 5.69. The van der Waals surface area contributed by atoms with E-state index in [2.05, 4.69) is 18.5 Å². The fourth-order valence-electron chi connectivity index (χ4n) is 0.647. The molecule has 3 N–H and O–H groups in total. The summed E-state index contributed by atoms with van der Waals surface area (Å²) < 4.78 is 30.5. The van der Waals surface area contributed by atoms with E-state index in [0.717, 1.165) is 6.08 Å². The number of rotatable bonds is 5. The Hall–Kier alpha value is -1.67. The molecule has 1 amide bonds. The van der Waals surface area contributed by atoms with Gasteiger partial charge < -0.3 is 10.4 Å². The van der Waals surface area contributed by atoms with Crippen LogP contribution in [0, 0.1) is 0 Å². The van der Waals surface area contributed by atoms with E-state index in [0.29, 0.717) is 0 Å². The SMILES string of the molecule is C=C(C)C(=O)O.C=CC(=O)NC(C)(CC)S(=O)(=O)O. The fourth-order valence-corrected chi connectivity index (χ4v) is 1.24. The van der Waals surface area contributed by atoms with Crippen LogP contribution in [0.15, 0.2) is 24.8 Å². The minimum Gasteiger partial charge on any atom is -0.478 e. The molecule has 0 aliphatic heterocycles. The molecule has 0 spiro atoms. The van der Waals surface area contributed by atoms with Crippen LogP contribution in [-0.2, 0) is 19.7 Å². The van der Waals surface area contributed by atoms with E-state index in [1.165, 1.54) is 20.8 Å². The van der Waals surface area contributed by atoms with Gasteiger partial charge in [0.1, 0.15) is 0 Å². The zero-order chi connectivity index (χ0) is 15.9. The number of aliphatic carboxylic acids is 1.